The van der Waals surface area contributed by atoms with Crippen LogP contribution in [0.2, 0.25) is 0 Å². The minimum absolute atomic E-state index is 0.0324. The fourth-order valence-corrected chi connectivity index (χ4v) is 3.44. The third-order valence-corrected chi connectivity index (χ3v) is 5.26. The van der Waals surface area contributed by atoms with Crippen LogP contribution in [0.5, 0.6) is 5.75 Å². The predicted octanol–water partition coefficient (Wildman–Crippen LogP) is 4.11. The standard InChI is InChI=1S/C19H19BrN2O3S/c1-22(10-11-25-15-8-6-14(20)7-9-15)19(23)13-24-12-18-21-16-4-2-3-5-17(16)26-18/h2-9H,10-13H2,1H3. The fourth-order valence-electron chi connectivity index (χ4n) is 2.27. The van der Waals surface area contributed by atoms with E-state index in [1.54, 1.807) is 23.3 Å². The summed E-state index contributed by atoms with van der Waals surface area (Å²) in [7, 11) is 1.74. The molecule has 3 rings (SSSR count). The van der Waals surface area contributed by atoms with Gasteiger partial charge in [0.1, 0.15) is 24.0 Å². The molecule has 26 heavy (non-hydrogen) atoms. The summed E-state index contributed by atoms with van der Waals surface area (Å²) in [5.41, 5.74) is 0.963. The number of carbonyl (C=O) groups is 1. The lowest BCUT2D eigenvalue weighted by Gasteiger charge is -2.17. The first kappa shape index (κ1) is 18.8. The number of rotatable bonds is 8. The molecule has 0 bridgehead atoms. The molecule has 0 radical (unpaired) electrons. The SMILES string of the molecule is CN(CCOc1ccc(Br)cc1)C(=O)COCc1nc2ccccc2s1. The number of halogens is 1. The Morgan fingerprint density at radius 2 is 1.96 bits per heavy atom. The second-order valence-corrected chi connectivity index (χ2v) is 7.72. The zero-order valence-corrected chi connectivity index (χ0v) is 16.8. The summed E-state index contributed by atoms with van der Waals surface area (Å²) in [6.45, 7) is 1.31. The number of benzene rings is 2. The Hall–Kier alpha value is -1.96. The Morgan fingerprint density at radius 1 is 1.19 bits per heavy atom. The molecule has 1 amide bonds. The number of likely N-dealkylation sites (N-methyl/N-ethyl adjacent to an activating group) is 1. The van der Waals surface area contributed by atoms with Crippen molar-refractivity contribution in [3.63, 3.8) is 0 Å². The minimum Gasteiger partial charge on any atom is -0.492 e. The van der Waals surface area contributed by atoms with Crippen LogP contribution in [0.15, 0.2) is 53.0 Å². The number of para-hydroxylation sites is 1. The molecule has 136 valence electrons. The van der Waals surface area contributed by atoms with Crippen LogP contribution in [0.25, 0.3) is 10.2 Å². The molecular weight excluding hydrogens is 416 g/mol. The Bertz CT molecular complexity index is 834. The quantitative estimate of drug-likeness (QED) is 0.535. The third-order valence-electron chi connectivity index (χ3n) is 3.72. The van der Waals surface area contributed by atoms with Crippen molar-refractivity contribution in [3.05, 3.63) is 58.0 Å². The number of ether oxygens (including phenoxy) is 2. The molecule has 0 aliphatic carbocycles. The highest BCUT2D eigenvalue weighted by molar-refractivity contribution is 9.10. The highest BCUT2D eigenvalue weighted by Crippen LogP contribution is 2.22. The van der Waals surface area contributed by atoms with Crippen LogP contribution in [-0.2, 0) is 16.1 Å². The van der Waals surface area contributed by atoms with Crippen molar-refractivity contribution < 1.29 is 14.3 Å². The molecule has 1 aromatic heterocycles. The van der Waals surface area contributed by atoms with Gasteiger partial charge in [-0.25, -0.2) is 4.98 Å². The van der Waals surface area contributed by atoms with E-state index in [2.05, 4.69) is 20.9 Å². The fraction of sp³-hybridized carbons (Fsp3) is 0.263. The van der Waals surface area contributed by atoms with E-state index in [4.69, 9.17) is 9.47 Å². The van der Waals surface area contributed by atoms with Crippen LogP contribution >= 0.6 is 27.3 Å². The number of fused-ring (bicyclic) bond motifs is 1. The zero-order valence-electron chi connectivity index (χ0n) is 14.4. The van der Waals surface area contributed by atoms with Crippen LogP contribution in [0.4, 0.5) is 0 Å². The lowest BCUT2D eigenvalue weighted by atomic mass is 10.3. The highest BCUT2D eigenvalue weighted by Gasteiger charge is 2.10. The molecule has 7 heteroatoms. The van der Waals surface area contributed by atoms with E-state index in [-0.39, 0.29) is 12.5 Å². The zero-order chi connectivity index (χ0) is 18.4. The minimum atomic E-state index is -0.0782. The number of carbonyl (C=O) groups excluding carboxylic acids is 1. The van der Waals surface area contributed by atoms with Crippen molar-refractivity contribution >= 4 is 43.4 Å². The Labute approximate surface area is 164 Å². The largest absolute Gasteiger partial charge is 0.492 e. The molecule has 0 saturated carbocycles. The van der Waals surface area contributed by atoms with E-state index in [1.165, 1.54) is 0 Å². The van der Waals surface area contributed by atoms with Crippen LogP contribution in [0.3, 0.4) is 0 Å². The molecule has 0 fully saturated rings. The molecule has 2 aromatic carbocycles. The molecule has 0 aliphatic heterocycles. The summed E-state index contributed by atoms with van der Waals surface area (Å²) in [5.74, 6) is 0.701. The Morgan fingerprint density at radius 3 is 2.73 bits per heavy atom. The highest BCUT2D eigenvalue weighted by atomic mass is 79.9. The maximum atomic E-state index is 12.1. The smallest absolute Gasteiger partial charge is 0.248 e. The van der Waals surface area contributed by atoms with Gasteiger partial charge >= 0.3 is 0 Å². The predicted molar refractivity (Wildman–Crippen MR) is 107 cm³/mol. The lowest BCUT2D eigenvalue weighted by molar-refractivity contribution is -0.135. The van der Waals surface area contributed by atoms with Crippen molar-refractivity contribution in [2.45, 2.75) is 6.61 Å². The van der Waals surface area contributed by atoms with Gasteiger partial charge in [0.2, 0.25) is 5.91 Å². The molecule has 1 heterocycles. The monoisotopic (exact) mass is 434 g/mol. The van der Waals surface area contributed by atoms with Gasteiger partial charge in [0.15, 0.2) is 0 Å². The van der Waals surface area contributed by atoms with E-state index >= 15 is 0 Å². The van der Waals surface area contributed by atoms with Gasteiger partial charge in [-0.3, -0.25) is 4.79 Å². The van der Waals surface area contributed by atoms with Gasteiger partial charge in [0, 0.05) is 11.5 Å². The number of aromatic nitrogens is 1. The maximum Gasteiger partial charge on any atom is 0.248 e. The molecule has 0 spiro atoms. The number of hydrogen-bond donors (Lipinski definition) is 0. The Balaban J connectivity index is 1.37. The average molecular weight is 435 g/mol. The molecule has 0 N–H and O–H groups in total. The van der Waals surface area contributed by atoms with Gasteiger partial charge in [-0.1, -0.05) is 28.1 Å². The topological polar surface area (TPSA) is 51.7 Å². The van der Waals surface area contributed by atoms with Gasteiger partial charge in [0.05, 0.1) is 23.4 Å². The number of nitrogens with zero attached hydrogens (tertiary/aromatic N) is 2. The van der Waals surface area contributed by atoms with Crippen molar-refractivity contribution in [3.8, 4) is 5.75 Å². The molecule has 3 aromatic rings. The second-order valence-electron chi connectivity index (χ2n) is 5.69. The van der Waals surface area contributed by atoms with Crippen molar-refractivity contribution in [1.82, 2.24) is 9.88 Å². The van der Waals surface area contributed by atoms with Crippen LogP contribution in [0.1, 0.15) is 5.01 Å². The second kappa shape index (κ2) is 9.12. The summed E-state index contributed by atoms with van der Waals surface area (Å²) in [6, 6.07) is 15.5. The van der Waals surface area contributed by atoms with Crippen molar-refractivity contribution in [2.24, 2.45) is 0 Å². The summed E-state index contributed by atoms with van der Waals surface area (Å²) < 4.78 is 13.3. The van der Waals surface area contributed by atoms with Crippen LogP contribution < -0.4 is 4.74 Å². The van der Waals surface area contributed by atoms with Gasteiger partial charge in [0.25, 0.3) is 0 Å². The summed E-state index contributed by atoms with van der Waals surface area (Å²) >= 11 is 4.97. The Kier molecular flexibility index (Phi) is 6.60. The van der Waals surface area contributed by atoms with Crippen LogP contribution in [0, 0.1) is 0 Å². The first-order valence-corrected chi connectivity index (χ1v) is 9.77. The van der Waals surface area contributed by atoms with E-state index < -0.39 is 0 Å². The average Bonchev–Trinajstić information content (AvgIpc) is 3.06. The van der Waals surface area contributed by atoms with Crippen LogP contribution in [-0.4, -0.2) is 42.6 Å². The molecular formula is C19H19BrN2O3S. The number of amides is 1. The molecule has 0 atom stereocenters. The van der Waals surface area contributed by atoms with Gasteiger partial charge in [-0.2, -0.15) is 0 Å². The summed E-state index contributed by atoms with van der Waals surface area (Å²) in [6.07, 6.45) is 0. The summed E-state index contributed by atoms with van der Waals surface area (Å²) in [4.78, 5) is 18.2. The number of hydrogen-bond acceptors (Lipinski definition) is 5. The maximum absolute atomic E-state index is 12.1. The van der Waals surface area contributed by atoms with Gasteiger partial charge in [-0.05, 0) is 36.4 Å². The third kappa shape index (κ3) is 5.27. The molecule has 0 unspecified atom stereocenters. The molecule has 5 nitrogen and oxygen atoms in total. The van der Waals surface area contributed by atoms with Crippen molar-refractivity contribution in [2.75, 3.05) is 26.8 Å². The molecule has 0 saturated heterocycles. The van der Waals surface area contributed by atoms with Gasteiger partial charge < -0.3 is 14.4 Å². The normalized spacial score (nSPS) is 10.8. The first-order chi connectivity index (χ1) is 12.6. The van der Waals surface area contributed by atoms with E-state index in [0.717, 1.165) is 25.4 Å². The van der Waals surface area contributed by atoms with Gasteiger partial charge in [-0.15, -0.1) is 11.3 Å². The number of thiazole rings is 1. The van der Waals surface area contributed by atoms with E-state index in [0.29, 0.717) is 19.8 Å². The van der Waals surface area contributed by atoms with E-state index in [1.807, 2.05) is 48.5 Å². The molecule has 0 aliphatic rings. The lowest BCUT2D eigenvalue weighted by Crippen LogP contribution is -2.33. The van der Waals surface area contributed by atoms with E-state index in [9.17, 15) is 4.79 Å². The van der Waals surface area contributed by atoms with Crippen molar-refractivity contribution in [1.29, 1.82) is 0 Å². The first-order valence-electron chi connectivity index (χ1n) is 8.16. The summed E-state index contributed by atoms with van der Waals surface area (Å²) in [5, 5.41) is 0.875.